The van der Waals surface area contributed by atoms with Crippen molar-refractivity contribution in [2.75, 3.05) is 27.9 Å². The predicted molar refractivity (Wildman–Crippen MR) is 78.6 cm³/mol. The number of benzene rings is 1. The zero-order chi connectivity index (χ0) is 13.5. The van der Waals surface area contributed by atoms with Gasteiger partial charge in [-0.25, -0.2) is 0 Å². The van der Waals surface area contributed by atoms with E-state index >= 15 is 0 Å². The van der Waals surface area contributed by atoms with Gasteiger partial charge in [-0.3, -0.25) is 0 Å². The summed E-state index contributed by atoms with van der Waals surface area (Å²) < 4.78 is 15.8. The molecule has 110 valence electrons. The van der Waals surface area contributed by atoms with Crippen LogP contribution in [-0.4, -0.2) is 27.9 Å². The standard InChI is InChI=1S/C13H22N2O3.ClH/c1-16-11-8-13(18-3)12(17-2)7-9(11)10(15)5-4-6-14;/h7-8,10H,4-6,14-15H2,1-3H3;1H/t10-;/m1./s1. The molecule has 5 nitrogen and oxygen atoms in total. The Morgan fingerprint density at radius 2 is 1.53 bits per heavy atom. The maximum absolute atomic E-state index is 6.14. The van der Waals surface area contributed by atoms with Crippen molar-refractivity contribution >= 4 is 12.4 Å². The van der Waals surface area contributed by atoms with Crippen LogP contribution in [0.25, 0.3) is 0 Å². The van der Waals surface area contributed by atoms with Gasteiger partial charge in [-0.05, 0) is 25.5 Å². The van der Waals surface area contributed by atoms with Crippen molar-refractivity contribution in [3.05, 3.63) is 17.7 Å². The Balaban J connectivity index is 0.00000324. The van der Waals surface area contributed by atoms with Crippen molar-refractivity contribution in [1.82, 2.24) is 0 Å². The molecule has 0 unspecified atom stereocenters. The molecule has 0 bridgehead atoms. The van der Waals surface area contributed by atoms with Gasteiger partial charge in [-0.15, -0.1) is 12.4 Å². The Morgan fingerprint density at radius 1 is 1.00 bits per heavy atom. The van der Waals surface area contributed by atoms with Crippen LogP contribution < -0.4 is 25.7 Å². The van der Waals surface area contributed by atoms with Crippen LogP contribution in [0.4, 0.5) is 0 Å². The quantitative estimate of drug-likeness (QED) is 0.801. The van der Waals surface area contributed by atoms with E-state index in [1.807, 2.05) is 6.07 Å². The first kappa shape index (κ1) is 17.8. The molecule has 0 saturated carbocycles. The van der Waals surface area contributed by atoms with E-state index in [1.165, 1.54) is 0 Å². The monoisotopic (exact) mass is 290 g/mol. The predicted octanol–water partition coefficient (Wildman–Crippen LogP) is 1.87. The fraction of sp³-hybridized carbons (Fsp3) is 0.538. The molecule has 19 heavy (non-hydrogen) atoms. The number of nitrogens with two attached hydrogens (primary N) is 2. The van der Waals surface area contributed by atoms with Gasteiger partial charge in [0, 0.05) is 17.7 Å². The second kappa shape index (κ2) is 8.85. The minimum Gasteiger partial charge on any atom is -0.496 e. The topological polar surface area (TPSA) is 79.7 Å². The lowest BCUT2D eigenvalue weighted by Gasteiger charge is -2.18. The van der Waals surface area contributed by atoms with Crippen LogP contribution >= 0.6 is 12.4 Å². The van der Waals surface area contributed by atoms with E-state index in [9.17, 15) is 0 Å². The Morgan fingerprint density at radius 3 is 2.00 bits per heavy atom. The third kappa shape index (κ3) is 4.45. The highest BCUT2D eigenvalue weighted by molar-refractivity contribution is 5.85. The maximum Gasteiger partial charge on any atom is 0.164 e. The number of halogens is 1. The Hall–Kier alpha value is -1.17. The van der Waals surface area contributed by atoms with Gasteiger partial charge >= 0.3 is 0 Å². The summed E-state index contributed by atoms with van der Waals surface area (Å²) in [6.45, 7) is 0.628. The third-order valence-electron chi connectivity index (χ3n) is 2.85. The number of hydrogen-bond acceptors (Lipinski definition) is 5. The molecule has 1 aromatic carbocycles. The molecule has 0 saturated heterocycles. The molecular weight excluding hydrogens is 268 g/mol. The normalized spacial score (nSPS) is 11.4. The Labute approximate surface area is 120 Å². The van der Waals surface area contributed by atoms with Gasteiger partial charge in [0.1, 0.15) is 5.75 Å². The van der Waals surface area contributed by atoms with E-state index in [-0.39, 0.29) is 18.4 Å². The summed E-state index contributed by atoms with van der Waals surface area (Å²) in [6, 6.07) is 3.53. The van der Waals surface area contributed by atoms with Gasteiger partial charge in [0.15, 0.2) is 11.5 Å². The molecule has 0 amide bonds. The second-order valence-electron chi connectivity index (χ2n) is 3.99. The molecule has 0 aromatic heterocycles. The summed E-state index contributed by atoms with van der Waals surface area (Å²) in [5, 5.41) is 0. The van der Waals surface area contributed by atoms with Gasteiger partial charge in [0.2, 0.25) is 0 Å². The summed E-state index contributed by atoms with van der Waals surface area (Å²) in [6.07, 6.45) is 1.68. The molecule has 1 aromatic rings. The van der Waals surface area contributed by atoms with Gasteiger partial charge in [-0.1, -0.05) is 0 Å². The van der Waals surface area contributed by atoms with Crippen molar-refractivity contribution in [1.29, 1.82) is 0 Å². The van der Waals surface area contributed by atoms with Crippen molar-refractivity contribution in [2.45, 2.75) is 18.9 Å². The Bertz CT molecular complexity index is 388. The molecule has 0 heterocycles. The van der Waals surface area contributed by atoms with Crippen molar-refractivity contribution in [3.8, 4) is 17.2 Å². The first-order chi connectivity index (χ1) is 8.67. The summed E-state index contributed by atoms with van der Waals surface area (Å²) in [7, 11) is 4.80. The van der Waals surface area contributed by atoms with Crippen molar-refractivity contribution in [3.63, 3.8) is 0 Å². The molecule has 0 fully saturated rings. The summed E-state index contributed by atoms with van der Waals surface area (Å²) in [4.78, 5) is 0. The van der Waals surface area contributed by atoms with E-state index in [4.69, 9.17) is 25.7 Å². The van der Waals surface area contributed by atoms with Crippen LogP contribution in [-0.2, 0) is 0 Å². The highest BCUT2D eigenvalue weighted by Crippen LogP contribution is 2.37. The number of hydrogen-bond donors (Lipinski definition) is 2. The van der Waals surface area contributed by atoms with Crippen LogP contribution in [0, 0.1) is 0 Å². The van der Waals surface area contributed by atoms with Crippen LogP contribution in [0.2, 0.25) is 0 Å². The van der Waals surface area contributed by atoms with Gasteiger partial charge in [-0.2, -0.15) is 0 Å². The summed E-state index contributed by atoms with van der Waals surface area (Å²) in [5.74, 6) is 1.98. The van der Waals surface area contributed by atoms with Gasteiger partial charge in [0.05, 0.1) is 21.3 Å². The number of ether oxygens (including phenoxy) is 3. The number of rotatable bonds is 7. The highest BCUT2D eigenvalue weighted by atomic mass is 35.5. The number of methoxy groups -OCH3 is 3. The van der Waals surface area contributed by atoms with E-state index in [2.05, 4.69) is 0 Å². The molecule has 0 aliphatic heterocycles. The Kier molecular flexibility index (Phi) is 8.30. The zero-order valence-electron chi connectivity index (χ0n) is 11.6. The summed E-state index contributed by atoms with van der Waals surface area (Å²) in [5.41, 5.74) is 12.5. The minimum absolute atomic E-state index is 0. The van der Waals surface area contributed by atoms with Gasteiger partial charge < -0.3 is 25.7 Å². The molecule has 1 rings (SSSR count). The van der Waals surface area contributed by atoms with E-state index in [0.717, 1.165) is 18.4 Å². The van der Waals surface area contributed by atoms with Crippen molar-refractivity contribution in [2.24, 2.45) is 11.5 Å². The second-order valence-corrected chi connectivity index (χ2v) is 3.99. The lowest BCUT2D eigenvalue weighted by atomic mass is 10.0. The molecular formula is C13H23ClN2O3. The largest absolute Gasteiger partial charge is 0.496 e. The van der Waals surface area contributed by atoms with Crippen LogP contribution in [0.5, 0.6) is 17.2 Å². The molecule has 0 aliphatic carbocycles. The first-order valence-corrected chi connectivity index (χ1v) is 5.93. The molecule has 0 aliphatic rings. The minimum atomic E-state index is -0.122. The summed E-state index contributed by atoms with van der Waals surface area (Å²) >= 11 is 0. The zero-order valence-corrected chi connectivity index (χ0v) is 12.5. The first-order valence-electron chi connectivity index (χ1n) is 5.93. The van der Waals surface area contributed by atoms with Crippen LogP contribution in [0.1, 0.15) is 24.4 Å². The fourth-order valence-corrected chi connectivity index (χ4v) is 1.84. The highest BCUT2D eigenvalue weighted by Gasteiger charge is 2.16. The average Bonchev–Trinajstić information content (AvgIpc) is 2.42. The lowest BCUT2D eigenvalue weighted by Crippen LogP contribution is -2.14. The smallest absolute Gasteiger partial charge is 0.164 e. The molecule has 0 radical (unpaired) electrons. The molecule has 4 N–H and O–H groups in total. The van der Waals surface area contributed by atoms with E-state index in [0.29, 0.717) is 23.8 Å². The molecule has 1 atom stereocenters. The van der Waals surface area contributed by atoms with Crippen LogP contribution in [0.15, 0.2) is 12.1 Å². The average molecular weight is 291 g/mol. The maximum atomic E-state index is 6.14. The van der Waals surface area contributed by atoms with Crippen molar-refractivity contribution < 1.29 is 14.2 Å². The van der Waals surface area contributed by atoms with E-state index < -0.39 is 0 Å². The van der Waals surface area contributed by atoms with Gasteiger partial charge in [0.25, 0.3) is 0 Å². The fourth-order valence-electron chi connectivity index (χ4n) is 1.84. The molecule has 0 spiro atoms. The lowest BCUT2D eigenvalue weighted by molar-refractivity contribution is 0.346. The van der Waals surface area contributed by atoms with Crippen LogP contribution in [0.3, 0.4) is 0 Å². The SMILES string of the molecule is COc1cc(OC)c([C@H](N)CCCN)cc1OC.Cl. The molecule has 6 heteroatoms. The third-order valence-corrected chi connectivity index (χ3v) is 2.85. The van der Waals surface area contributed by atoms with E-state index in [1.54, 1.807) is 27.4 Å².